The highest BCUT2D eigenvalue weighted by Gasteiger charge is 2.36. The minimum absolute atomic E-state index is 0.123. The van der Waals surface area contributed by atoms with E-state index < -0.39 is 6.10 Å². The molecule has 0 saturated carbocycles. The van der Waals surface area contributed by atoms with E-state index >= 15 is 0 Å². The topological polar surface area (TPSA) is 68.3 Å². The van der Waals surface area contributed by atoms with Crippen LogP contribution in [0.4, 0.5) is 5.69 Å². The fraction of sp³-hybridized carbons (Fsp3) is 0.333. The second-order valence-corrected chi connectivity index (χ2v) is 7.14. The quantitative estimate of drug-likeness (QED) is 0.765. The Kier molecular flexibility index (Phi) is 5.87. The molecule has 1 fully saturated rings. The molecule has 0 aliphatic carbocycles. The predicted octanol–water partition coefficient (Wildman–Crippen LogP) is 2.37. The number of morpholine rings is 1. The van der Waals surface area contributed by atoms with Crippen molar-refractivity contribution in [2.45, 2.75) is 6.10 Å². The van der Waals surface area contributed by atoms with Gasteiger partial charge in [0, 0.05) is 13.1 Å². The minimum Gasteiger partial charge on any atom is -0.482 e. The molecule has 2 aliphatic rings. The van der Waals surface area contributed by atoms with Crippen LogP contribution >= 0.6 is 11.6 Å². The molecule has 2 aromatic carbocycles. The van der Waals surface area contributed by atoms with Gasteiger partial charge in [0.2, 0.25) is 0 Å². The van der Waals surface area contributed by atoms with Crippen LogP contribution in [-0.4, -0.2) is 62.3 Å². The van der Waals surface area contributed by atoms with E-state index in [0.29, 0.717) is 48.5 Å². The summed E-state index contributed by atoms with van der Waals surface area (Å²) in [6, 6.07) is 14.1. The lowest BCUT2D eigenvalue weighted by molar-refractivity contribution is -0.142. The number of carbonyl (C=O) groups is 2. The number of para-hydroxylation sites is 3. The third-order valence-electron chi connectivity index (χ3n) is 4.86. The number of ether oxygens (including phenoxy) is 3. The normalized spacial score (nSPS) is 18.6. The molecule has 152 valence electrons. The van der Waals surface area contributed by atoms with Crippen LogP contribution < -0.4 is 14.4 Å². The zero-order valence-electron chi connectivity index (χ0n) is 15.8. The molecule has 8 heteroatoms. The molecule has 0 spiro atoms. The molecular weight excluding hydrogens is 396 g/mol. The van der Waals surface area contributed by atoms with Gasteiger partial charge in [-0.1, -0.05) is 35.9 Å². The van der Waals surface area contributed by atoms with Gasteiger partial charge < -0.3 is 24.0 Å². The fourth-order valence-corrected chi connectivity index (χ4v) is 3.56. The number of nitrogens with zero attached hydrogens (tertiary/aromatic N) is 2. The first-order chi connectivity index (χ1) is 14.1. The Bertz CT molecular complexity index is 900. The van der Waals surface area contributed by atoms with Gasteiger partial charge in [-0.2, -0.15) is 0 Å². The van der Waals surface area contributed by atoms with Gasteiger partial charge in [-0.05, 0) is 24.3 Å². The van der Waals surface area contributed by atoms with E-state index in [0.717, 1.165) is 0 Å². The summed E-state index contributed by atoms with van der Waals surface area (Å²) in [6.45, 7) is 1.97. The summed E-state index contributed by atoms with van der Waals surface area (Å²) in [6.07, 6.45) is -0.771. The van der Waals surface area contributed by atoms with Gasteiger partial charge in [-0.25, -0.2) is 0 Å². The maximum Gasteiger partial charge on any atom is 0.265 e. The average molecular weight is 417 g/mol. The molecule has 2 aliphatic heterocycles. The van der Waals surface area contributed by atoms with Crippen LogP contribution in [0, 0.1) is 0 Å². The van der Waals surface area contributed by atoms with Crippen molar-refractivity contribution in [3.05, 3.63) is 53.6 Å². The number of benzene rings is 2. The predicted molar refractivity (Wildman–Crippen MR) is 108 cm³/mol. The first-order valence-corrected chi connectivity index (χ1v) is 9.81. The van der Waals surface area contributed by atoms with Gasteiger partial charge in [0.25, 0.3) is 11.8 Å². The summed E-state index contributed by atoms with van der Waals surface area (Å²) >= 11 is 6.10. The number of rotatable bonds is 4. The summed E-state index contributed by atoms with van der Waals surface area (Å²) in [7, 11) is 0. The van der Waals surface area contributed by atoms with Crippen molar-refractivity contribution in [1.29, 1.82) is 0 Å². The van der Waals surface area contributed by atoms with Crippen molar-refractivity contribution in [3.63, 3.8) is 0 Å². The smallest absolute Gasteiger partial charge is 0.265 e. The van der Waals surface area contributed by atoms with Gasteiger partial charge in [0.05, 0.1) is 30.5 Å². The van der Waals surface area contributed by atoms with Gasteiger partial charge in [-0.15, -0.1) is 0 Å². The number of amides is 2. The lowest BCUT2D eigenvalue weighted by Crippen LogP contribution is -2.54. The van der Waals surface area contributed by atoms with Gasteiger partial charge in [-0.3, -0.25) is 9.59 Å². The average Bonchev–Trinajstić information content (AvgIpc) is 2.77. The molecule has 2 heterocycles. The molecule has 2 amide bonds. The third-order valence-corrected chi connectivity index (χ3v) is 5.17. The SMILES string of the molecule is O=C([C@@H]1CN(C(=O)COc2ccccc2Cl)c2ccccc2O1)N1CCOCC1. The molecule has 0 radical (unpaired) electrons. The molecule has 29 heavy (non-hydrogen) atoms. The highest BCUT2D eigenvalue weighted by atomic mass is 35.5. The number of halogens is 1. The van der Waals surface area contributed by atoms with Crippen LogP contribution in [-0.2, 0) is 14.3 Å². The zero-order valence-corrected chi connectivity index (χ0v) is 16.5. The maximum absolute atomic E-state index is 12.9. The molecule has 1 saturated heterocycles. The second-order valence-electron chi connectivity index (χ2n) is 6.74. The van der Waals surface area contributed by atoms with E-state index in [1.54, 1.807) is 46.2 Å². The summed E-state index contributed by atoms with van der Waals surface area (Å²) in [4.78, 5) is 29.1. The lowest BCUT2D eigenvalue weighted by Gasteiger charge is -2.37. The molecule has 4 rings (SSSR count). The first-order valence-electron chi connectivity index (χ1n) is 9.43. The lowest BCUT2D eigenvalue weighted by atomic mass is 10.1. The van der Waals surface area contributed by atoms with Crippen molar-refractivity contribution in [2.24, 2.45) is 0 Å². The van der Waals surface area contributed by atoms with E-state index in [1.165, 1.54) is 0 Å². The van der Waals surface area contributed by atoms with E-state index in [9.17, 15) is 9.59 Å². The van der Waals surface area contributed by atoms with Crippen LogP contribution in [0.15, 0.2) is 48.5 Å². The molecule has 0 aromatic heterocycles. The van der Waals surface area contributed by atoms with E-state index in [1.807, 2.05) is 12.1 Å². The van der Waals surface area contributed by atoms with Crippen molar-refractivity contribution in [1.82, 2.24) is 4.90 Å². The molecular formula is C21H21ClN2O5. The van der Waals surface area contributed by atoms with Crippen molar-refractivity contribution in [2.75, 3.05) is 44.4 Å². The minimum atomic E-state index is -0.771. The summed E-state index contributed by atoms with van der Waals surface area (Å²) < 4.78 is 16.8. The molecule has 0 unspecified atom stereocenters. The highest BCUT2D eigenvalue weighted by Crippen LogP contribution is 2.34. The van der Waals surface area contributed by atoms with Crippen LogP contribution in [0.1, 0.15) is 0 Å². The Morgan fingerprint density at radius 3 is 2.59 bits per heavy atom. The van der Waals surface area contributed by atoms with Gasteiger partial charge in [0.1, 0.15) is 11.5 Å². The summed E-state index contributed by atoms with van der Waals surface area (Å²) in [5.74, 6) is 0.509. The van der Waals surface area contributed by atoms with Crippen LogP contribution in [0.5, 0.6) is 11.5 Å². The van der Waals surface area contributed by atoms with Gasteiger partial charge >= 0.3 is 0 Å². The maximum atomic E-state index is 12.9. The third kappa shape index (κ3) is 4.31. The highest BCUT2D eigenvalue weighted by molar-refractivity contribution is 6.32. The monoisotopic (exact) mass is 416 g/mol. The molecule has 2 aromatic rings. The first kappa shape index (κ1) is 19.5. The van der Waals surface area contributed by atoms with Crippen molar-refractivity contribution in [3.8, 4) is 11.5 Å². The van der Waals surface area contributed by atoms with Crippen LogP contribution in [0.2, 0.25) is 5.02 Å². The number of fused-ring (bicyclic) bond motifs is 1. The molecule has 0 N–H and O–H groups in total. The second kappa shape index (κ2) is 8.71. The number of hydrogen-bond donors (Lipinski definition) is 0. The Labute approximate surface area is 173 Å². The van der Waals surface area contributed by atoms with E-state index in [4.69, 9.17) is 25.8 Å². The van der Waals surface area contributed by atoms with Crippen LogP contribution in [0.3, 0.4) is 0 Å². The number of carbonyl (C=O) groups excluding carboxylic acids is 2. The Balaban J connectivity index is 1.50. The van der Waals surface area contributed by atoms with Gasteiger partial charge in [0.15, 0.2) is 12.7 Å². The fourth-order valence-electron chi connectivity index (χ4n) is 3.37. The zero-order chi connectivity index (χ0) is 20.2. The molecule has 7 nitrogen and oxygen atoms in total. The van der Waals surface area contributed by atoms with E-state index in [-0.39, 0.29) is 25.0 Å². The number of anilines is 1. The van der Waals surface area contributed by atoms with Crippen molar-refractivity contribution < 1.29 is 23.8 Å². The Morgan fingerprint density at radius 1 is 1.07 bits per heavy atom. The number of hydrogen-bond acceptors (Lipinski definition) is 5. The molecule has 0 bridgehead atoms. The molecule has 1 atom stereocenters. The van der Waals surface area contributed by atoms with Crippen LogP contribution in [0.25, 0.3) is 0 Å². The van der Waals surface area contributed by atoms with Crippen molar-refractivity contribution >= 4 is 29.1 Å². The standard InChI is InChI=1S/C21H21ClN2O5/c22-15-5-1-3-7-17(15)28-14-20(25)24-13-19(21(26)23-9-11-27-12-10-23)29-18-8-4-2-6-16(18)24/h1-8,19H,9-14H2/t19-/m0/s1. The summed E-state index contributed by atoms with van der Waals surface area (Å²) in [5.41, 5.74) is 0.617. The Morgan fingerprint density at radius 2 is 1.79 bits per heavy atom. The summed E-state index contributed by atoms with van der Waals surface area (Å²) in [5, 5.41) is 0.433. The Hall–Kier alpha value is -2.77. The van der Waals surface area contributed by atoms with E-state index in [2.05, 4.69) is 0 Å². The largest absolute Gasteiger partial charge is 0.482 e.